The van der Waals surface area contributed by atoms with E-state index < -0.39 is 6.23 Å². The highest BCUT2D eigenvalue weighted by molar-refractivity contribution is 5.90. The van der Waals surface area contributed by atoms with Gasteiger partial charge in [0.25, 0.3) is 5.91 Å². The second kappa shape index (κ2) is 11.7. The molecule has 1 atom stereocenters. The van der Waals surface area contributed by atoms with E-state index in [9.17, 15) is 9.90 Å². The van der Waals surface area contributed by atoms with Crippen LogP contribution in [-0.4, -0.2) is 36.6 Å². The third kappa shape index (κ3) is 7.08. The van der Waals surface area contributed by atoms with Crippen molar-refractivity contribution in [2.45, 2.75) is 27.0 Å². The highest BCUT2D eigenvalue weighted by Crippen LogP contribution is 2.27. The third-order valence-electron chi connectivity index (χ3n) is 4.82. The number of benzene rings is 3. The number of anilines is 3. The Balaban J connectivity index is 1.74. The number of aliphatic hydroxyl groups is 1. The summed E-state index contributed by atoms with van der Waals surface area (Å²) in [6.45, 7) is 6.28. The van der Waals surface area contributed by atoms with Crippen LogP contribution in [0.25, 0.3) is 0 Å². The Morgan fingerprint density at radius 2 is 1.70 bits per heavy atom. The Morgan fingerprint density at radius 3 is 2.33 bits per heavy atom. The molecule has 0 saturated heterocycles. The van der Waals surface area contributed by atoms with Crippen LogP contribution in [0.15, 0.2) is 77.9 Å². The molecule has 0 bridgehead atoms. The number of hydrazone groups is 1. The van der Waals surface area contributed by atoms with Gasteiger partial charge in [-0.1, -0.05) is 35.9 Å². The van der Waals surface area contributed by atoms with E-state index in [2.05, 4.69) is 15.8 Å². The van der Waals surface area contributed by atoms with Crippen LogP contribution in [0.2, 0.25) is 0 Å². The lowest BCUT2D eigenvalue weighted by Crippen LogP contribution is -2.32. The van der Waals surface area contributed by atoms with Crippen molar-refractivity contribution in [2.24, 2.45) is 5.10 Å². The fraction of sp³-hybridized carbons (Fsp3) is 0.231. The van der Waals surface area contributed by atoms with E-state index >= 15 is 0 Å². The lowest BCUT2D eigenvalue weighted by Gasteiger charge is -2.24. The van der Waals surface area contributed by atoms with Gasteiger partial charge in [-0.3, -0.25) is 4.79 Å². The number of ether oxygens (including phenoxy) is 1. The molecule has 0 radical (unpaired) electrons. The van der Waals surface area contributed by atoms with Crippen molar-refractivity contribution >= 4 is 29.2 Å². The van der Waals surface area contributed by atoms with E-state index in [4.69, 9.17) is 4.74 Å². The summed E-state index contributed by atoms with van der Waals surface area (Å²) in [7, 11) is 0. The molecular weight excluding hydrogens is 416 g/mol. The second-order valence-electron chi connectivity index (χ2n) is 7.55. The molecule has 3 rings (SSSR count). The zero-order valence-corrected chi connectivity index (χ0v) is 19.2. The maximum absolute atomic E-state index is 12.7. The monoisotopic (exact) mass is 446 g/mol. The number of para-hydroxylation sites is 1. The van der Waals surface area contributed by atoms with E-state index in [1.54, 1.807) is 13.1 Å². The summed E-state index contributed by atoms with van der Waals surface area (Å²) in [4.78, 5) is 14.7. The molecule has 0 aromatic heterocycles. The van der Waals surface area contributed by atoms with E-state index in [1.165, 1.54) is 0 Å². The van der Waals surface area contributed by atoms with Crippen molar-refractivity contribution in [3.8, 4) is 5.75 Å². The Bertz CT molecular complexity index is 1060. The van der Waals surface area contributed by atoms with Crippen LogP contribution in [0, 0.1) is 6.92 Å². The Labute approximate surface area is 194 Å². The largest absolute Gasteiger partial charge is 0.494 e. The SMILES string of the molecule is CCOc1ccc(N(CC(=O)N/N=C/c2ccccc2NC(C)O)c2ccc(C)cc2)cc1. The molecule has 0 fully saturated rings. The number of aliphatic hydroxyl groups excluding tert-OH is 1. The van der Waals surface area contributed by atoms with Crippen molar-refractivity contribution in [2.75, 3.05) is 23.4 Å². The van der Waals surface area contributed by atoms with E-state index in [-0.39, 0.29) is 12.5 Å². The molecule has 1 unspecified atom stereocenters. The number of aryl methyl sites for hydroxylation is 1. The smallest absolute Gasteiger partial charge is 0.260 e. The second-order valence-corrected chi connectivity index (χ2v) is 7.55. The number of hydrogen-bond acceptors (Lipinski definition) is 6. The Kier molecular flexibility index (Phi) is 8.43. The molecule has 7 nitrogen and oxygen atoms in total. The first kappa shape index (κ1) is 23.8. The highest BCUT2D eigenvalue weighted by atomic mass is 16.5. The fourth-order valence-corrected chi connectivity index (χ4v) is 3.26. The summed E-state index contributed by atoms with van der Waals surface area (Å²) < 4.78 is 5.53. The summed E-state index contributed by atoms with van der Waals surface area (Å²) in [5, 5.41) is 16.6. The van der Waals surface area contributed by atoms with E-state index in [1.807, 2.05) is 91.5 Å². The molecule has 1 amide bonds. The molecule has 3 N–H and O–H groups in total. The molecule has 0 spiro atoms. The van der Waals surface area contributed by atoms with Crippen LogP contribution in [0.3, 0.4) is 0 Å². The number of carbonyl (C=O) groups excluding carboxylic acids is 1. The molecular formula is C26H30N4O3. The lowest BCUT2D eigenvalue weighted by atomic mass is 10.2. The zero-order chi connectivity index (χ0) is 23.6. The number of nitrogens with one attached hydrogen (secondary N) is 2. The zero-order valence-electron chi connectivity index (χ0n) is 19.2. The van der Waals surface area contributed by atoms with Crippen molar-refractivity contribution < 1.29 is 14.6 Å². The topological polar surface area (TPSA) is 86.2 Å². The summed E-state index contributed by atoms with van der Waals surface area (Å²) in [5.74, 6) is 0.519. The van der Waals surface area contributed by atoms with Crippen molar-refractivity contribution in [3.63, 3.8) is 0 Å². The first-order valence-corrected chi connectivity index (χ1v) is 10.9. The van der Waals surface area contributed by atoms with Gasteiger partial charge in [0.05, 0.1) is 12.8 Å². The molecule has 33 heavy (non-hydrogen) atoms. The van der Waals surface area contributed by atoms with Gasteiger partial charge in [-0.2, -0.15) is 5.10 Å². The molecule has 0 aliphatic carbocycles. The normalized spacial score (nSPS) is 11.8. The molecule has 3 aromatic carbocycles. The summed E-state index contributed by atoms with van der Waals surface area (Å²) in [6, 6.07) is 23.0. The minimum Gasteiger partial charge on any atom is -0.494 e. The fourth-order valence-electron chi connectivity index (χ4n) is 3.26. The van der Waals surface area contributed by atoms with Gasteiger partial charge in [-0.25, -0.2) is 5.43 Å². The predicted molar refractivity (Wildman–Crippen MR) is 133 cm³/mol. The van der Waals surface area contributed by atoms with Crippen LogP contribution >= 0.6 is 0 Å². The van der Waals surface area contributed by atoms with Crippen LogP contribution < -0.4 is 20.4 Å². The average Bonchev–Trinajstić information content (AvgIpc) is 2.80. The van der Waals surface area contributed by atoms with Gasteiger partial charge < -0.3 is 20.1 Å². The quantitative estimate of drug-likeness (QED) is 0.244. The van der Waals surface area contributed by atoms with Gasteiger partial charge >= 0.3 is 0 Å². The Hall–Kier alpha value is -3.84. The van der Waals surface area contributed by atoms with Crippen LogP contribution in [0.4, 0.5) is 17.1 Å². The van der Waals surface area contributed by atoms with Crippen molar-refractivity contribution in [1.82, 2.24) is 5.43 Å². The molecule has 172 valence electrons. The van der Waals surface area contributed by atoms with E-state index in [0.29, 0.717) is 6.61 Å². The molecule has 0 saturated carbocycles. The summed E-state index contributed by atoms with van der Waals surface area (Å²) in [5.41, 5.74) is 6.98. The van der Waals surface area contributed by atoms with Crippen LogP contribution in [0.1, 0.15) is 25.0 Å². The number of rotatable bonds is 10. The molecule has 0 aliphatic rings. The third-order valence-corrected chi connectivity index (χ3v) is 4.82. The van der Waals surface area contributed by atoms with Crippen LogP contribution in [-0.2, 0) is 4.79 Å². The van der Waals surface area contributed by atoms with Gasteiger partial charge in [-0.05, 0) is 63.2 Å². The predicted octanol–water partition coefficient (Wildman–Crippen LogP) is 4.43. The molecule has 0 heterocycles. The summed E-state index contributed by atoms with van der Waals surface area (Å²) in [6.07, 6.45) is 0.849. The Morgan fingerprint density at radius 1 is 1.06 bits per heavy atom. The van der Waals surface area contributed by atoms with Gasteiger partial charge in [0.1, 0.15) is 18.5 Å². The molecule has 3 aromatic rings. The lowest BCUT2D eigenvalue weighted by molar-refractivity contribution is -0.119. The highest BCUT2D eigenvalue weighted by Gasteiger charge is 2.14. The summed E-state index contributed by atoms with van der Waals surface area (Å²) >= 11 is 0. The van der Waals surface area contributed by atoms with Crippen LogP contribution in [0.5, 0.6) is 5.75 Å². The maximum atomic E-state index is 12.7. The number of nitrogens with zero attached hydrogens (tertiary/aromatic N) is 2. The number of carbonyl (C=O) groups is 1. The first-order chi connectivity index (χ1) is 16.0. The standard InChI is InChI=1S/C26H30N4O3/c1-4-33-24-15-13-23(14-16-24)30(22-11-9-19(2)10-12-22)18-26(32)29-27-17-21-7-5-6-8-25(21)28-20(3)31/h5-17,20,28,31H,4,18H2,1-3H3,(H,29,32)/b27-17+. The minimum absolute atomic E-state index is 0.0853. The van der Waals surface area contributed by atoms with Gasteiger partial charge in [-0.15, -0.1) is 0 Å². The number of amides is 1. The first-order valence-electron chi connectivity index (χ1n) is 10.9. The van der Waals surface area contributed by atoms with Gasteiger partial charge in [0, 0.05) is 22.6 Å². The molecule has 0 aliphatic heterocycles. The number of hydrogen-bond donors (Lipinski definition) is 3. The van der Waals surface area contributed by atoms with E-state index in [0.717, 1.165) is 33.9 Å². The van der Waals surface area contributed by atoms with Crippen molar-refractivity contribution in [1.29, 1.82) is 0 Å². The van der Waals surface area contributed by atoms with Crippen molar-refractivity contribution in [3.05, 3.63) is 83.9 Å². The molecule has 7 heteroatoms. The van der Waals surface area contributed by atoms with Gasteiger partial charge in [0.15, 0.2) is 0 Å². The maximum Gasteiger partial charge on any atom is 0.260 e. The minimum atomic E-state index is -0.702. The average molecular weight is 447 g/mol. The van der Waals surface area contributed by atoms with Gasteiger partial charge in [0.2, 0.25) is 0 Å².